The van der Waals surface area contributed by atoms with Crippen LogP contribution in [0.1, 0.15) is 88.5 Å². The van der Waals surface area contributed by atoms with E-state index in [4.69, 9.17) is 28.4 Å². The average molecular weight is 499 g/mol. The summed E-state index contributed by atoms with van der Waals surface area (Å²) in [6.07, 6.45) is 2.12. The molecule has 206 valence electrons. The lowest BCUT2D eigenvalue weighted by Gasteiger charge is -2.51. The lowest BCUT2D eigenvalue weighted by molar-refractivity contribution is -0.360. The predicted molar refractivity (Wildman–Crippen MR) is 138 cm³/mol. The number of ether oxygens (including phenoxy) is 6. The van der Waals surface area contributed by atoms with Crippen molar-refractivity contribution >= 4 is 0 Å². The largest absolute Gasteiger partial charge is 0.355 e. The lowest BCUT2D eigenvalue weighted by atomic mass is 9.78. The van der Waals surface area contributed by atoms with E-state index < -0.39 is 6.29 Å². The summed E-state index contributed by atoms with van der Waals surface area (Å²) < 4.78 is 38.9. The summed E-state index contributed by atoms with van der Waals surface area (Å²) in [6, 6.07) is 0. The molecule has 0 aromatic carbocycles. The van der Waals surface area contributed by atoms with Gasteiger partial charge in [0.1, 0.15) is 6.10 Å². The number of methoxy groups -OCH3 is 1. The molecule has 6 nitrogen and oxygen atoms in total. The number of hydrogen-bond donors (Lipinski definition) is 0. The van der Waals surface area contributed by atoms with Crippen molar-refractivity contribution in [3.05, 3.63) is 0 Å². The maximum atomic E-state index is 6.90. The average Bonchev–Trinajstić information content (AvgIpc) is 2.85. The van der Waals surface area contributed by atoms with Crippen LogP contribution in [0.2, 0.25) is 0 Å². The highest BCUT2D eigenvalue weighted by Gasteiger charge is 2.50. The van der Waals surface area contributed by atoms with Crippen LogP contribution in [0.15, 0.2) is 0 Å². The molecule has 0 amide bonds. The van der Waals surface area contributed by atoms with Crippen LogP contribution in [0.25, 0.3) is 0 Å². The van der Waals surface area contributed by atoms with Crippen molar-refractivity contribution in [2.24, 2.45) is 41.4 Å². The van der Waals surface area contributed by atoms with Gasteiger partial charge in [-0.2, -0.15) is 0 Å². The second kappa shape index (κ2) is 12.5. The fourth-order valence-electron chi connectivity index (χ4n) is 6.70. The van der Waals surface area contributed by atoms with Crippen LogP contribution in [0.3, 0.4) is 0 Å². The first kappa shape index (κ1) is 29.3. The Bertz CT molecular complexity index is 627. The zero-order chi connectivity index (χ0) is 26.0. The maximum Gasteiger partial charge on any atom is 0.184 e. The van der Waals surface area contributed by atoms with E-state index in [1.54, 1.807) is 7.11 Å². The summed E-state index contributed by atoms with van der Waals surface area (Å²) >= 11 is 0. The molecule has 0 spiro atoms. The van der Waals surface area contributed by atoms with Crippen molar-refractivity contribution in [3.63, 3.8) is 0 Å². The summed E-state index contributed by atoms with van der Waals surface area (Å²) in [7, 11) is 1.72. The molecule has 0 N–H and O–H groups in total. The van der Waals surface area contributed by atoms with Gasteiger partial charge in [-0.3, -0.25) is 0 Å². The minimum absolute atomic E-state index is 0.0418. The highest BCUT2D eigenvalue weighted by molar-refractivity contribution is 4.91. The second-order valence-electron chi connectivity index (χ2n) is 11.8. The van der Waals surface area contributed by atoms with Gasteiger partial charge in [-0.1, -0.05) is 69.2 Å². The minimum atomic E-state index is -0.445. The first-order chi connectivity index (χ1) is 16.6. The Morgan fingerprint density at radius 3 is 1.46 bits per heavy atom. The van der Waals surface area contributed by atoms with E-state index in [2.05, 4.69) is 69.2 Å². The smallest absolute Gasteiger partial charge is 0.184 e. The third-order valence-corrected chi connectivity index (χ3v) is 9.88. The van der Waals surface area contributed by atoms with Crippen molar-refractivity contribution in [2.45, 2.75) is 138 Å². The van der Waals surface area contributed by atoms with Gasteiger partial charge < -0.3 is 28.4 Å². The van der Waals surface area contributed by atoms with Gasteiger partial charge in [0.15, 0.2) is 18.9 Å². The van der Waals surface area contributed by atoms with Gasteiger partial charge in [-0.05, 0) is 42.9 Å². The highest BCUT2D eigenvalue weighted by Crippen LogP contribution is 2.43. The van der Waals surface area contributed by atoms with Crippen LogP contribution in [0.5, 0.6) is 0 Å². The SMILES string of the molecule is CCC1O[C@H](OC2[C@@H](O[C@@H]3C(C)[C@@H](OC)OC(CC)[C@H]3C)OC(CC)[C@@H](C)[C@@H]2C)C(C)[C@@H](C)[C@@H]1C. The van der Waals surface area contributed by atoms with E-state index >= 15 is 0 Å². The summed E-state index contributed by atoms with van der Waals surface area (Å²) in [5.74, 6) is 2.34. The van der Waals surface area contributed by atoms with Gasteiger partial charge in [-0.15, -0.1) is 0 Å². The monoisotopic (exact) mass is 498 g/mol. The molecule has 3 heterocycles. The first-order valence-corrected chi connectivity index (χ1v) is 14.4. The molecule has 3 aliphatic rings. The van der Waals surface area contributed by atoms with Crippen molar-refractivity contribution < 1.29 is 28.4 Å². The van der Waals surface area contributed by atoms with Crippen molar-refractivity contribution in [1.82, 2.24) is 0 Å². The van der Waals surface area contributed by atoms with Crippen LogP contribution in [-0.2, 0) is 28.4 Å². The molecular formula is C29H54O6. The molecule has 6 heteroatoms. The van der Waals surface area contributed by atoms with E-state index in [9.17, 15) is 0 Å². The van der Waals surface area contributed by atoms with Gasteiger partial charge in [0.2, 0.25) is 0 Å². The normalized spacial score (nSPS) is 51.3. The number of rotatable bonds is 8. The van der Waals surface area contributed by atoms with Gasteiger partial charge in [0.05, 0.1) is 24.4 Å². The molecule has 0 aromatic heterocycles. The fraction of sp³-hybridized carbons (Fsp3) is 1.00. The van der Waals surface area contributed by atoms with Crippen molar-refractivity contribution in [2.75, 3.05) is 7.11 Å². The van der Waals surface area contributed by atoms with E-state index in [1.807, 2.05) is 0 Å². The van der Waals surface area contributed by atoms with Crippen LogP contribution in [0.4, 0.5) is 0 Å². The van der Waals surface area contributed by atoms with Gasteiger partial charge >= 0.3 is 0 Å². The second-order valence-corrected chi connectivity index (χ2v) is 11.8. The van der Waals surface area contributed by atoms with Crippen molar-refractivity contribution in [3.8, 4) is 0 Å². The van der Waals surface area contributed by atoms with Gasteiger partial charge in [0.25, 0.3) is 0 Å². The standard InChI is InChI=1S/C29H54O6/c1-12-22-16(5)15(4)19(8)28(32-22)35-26-18(7)17(6)23(13-2)33-29(26)34-25-20(9)24(14-3)31-27(30-11)21(25)10/h15-29H,12-14H2,1-11H3/t15-,16-,17-,18-,19?,20+,21?,22?,23?,24?,25-,26?,27-,28+,29+/m0/s1. The molecule has 15 atom stereocenters. The van der Waals surface area contributed by atoms with Gasteiger partial charge in [-0.25, -0.2) is 0 Å². The zero-order valence-electron chi connectivity index (χ0n) is 24.2. The molecule has 0 bridgehead atoms. The highest BCUT2D eigenvalue weighted by atomic mass is 16.7. The Morgan fingerprint density at radius 2 is 0.914 bits per heavy atom. The van der Waals surface area contributed by atoms with Gasteiger partial charge in [0, 0.05) is 24.9 Å². The molecule has 6 unspecified atom stereocenters. The molecule has 35 heavy (non-hydrogen) atoms. The Kier molecular flexibility index (Phi) is 10.5. The predicted octanol–water partition coefficient (Wildman–Crippen LogP) is 6.26. The van der Waals surface area contributed by atoms with Crippen LogP contribution >= 0.6 is 0 Å². The fourth-order valence-corrected chi connectivity index (χ4v) is 6.70. The Morgan fingerprint density at radius 1 is 0.457 bits per heavy atom. The maximum absolute atomic E-state index is 6.90. The van der Waals surface area contributed by atoms with E-state index in [1.165, 1.54) is 0 Å². The third kappa shape index (κ3) is 5.93. The molecule has 3 rings (SSSR count). The molecule has 3 aliphatic heterocycles. The van der Waals surface area contributed by atoms with E-state index in [0.717, 1.165) is 19.3 Å². The molecule has 3 saturated heterocycles. The summed E-state index contributed by atoms with van der Waals surface area (Å²) in [5, 5.41) is 0. The number of hydrogen-bond acceptors (Lipinski definition) is 6. The lowest BCUT2D eigenvalue weighted by Crippen LogP contribution is -2.58. The summed E-state index contributed by atoms with van der Waals surface area (Å²) in [5.41, 5.74) is 0. The molecule has 3 fully saturated rings. The molecule has 0 radical (unpaired) electrons. The van der Waals surface area contributed by atoms with Crippen LogP contribution in [-0.4, -0.2) is 56.5 Å². The summed E-state index contributed by atoms with van der Waals surface area (Å²) in [6.45, 7) is 22.4. The molecular weight excluding hydrogens is 444 g/mol. The first-order valence-electron chi connectivity index (χ1n) is 14.4. The Balaban J connectivity index is 1.85. The van der Waals surface area contributed by atoms with Crippen molar-refractivity contribution in [1.29, 1.82) is 0 Å². The minimum Gasteiger partial charge on any atom is -0.355 e. The zero-order valence-corrected chi connectivity index (χ0v) is 24.2. The van der Waals surface area contributed by atoms with E-state index in [-0.39, 0.29) is 60.9 Å². The Labute approximate surface area is 215 Å². The van der Waals surface area contributed by atoms with Crippen LogP contribution in [0, 0.1) is 41.4 Å². The summed E-state index contributed by atoms with van der Waals surface area (Å²) in [4.78, 5) is 0. The molecule has 0 aliphatic carbocycles. The van der Waals surface area contributed by atoms with Crippen LogP contribution < -0.4 is 0 Å². The van der Waals surface area contributed by atoms with E-state index in [0.29, 0.717) is 23.7 Å². The third-order valence-electron chi connectivity index (χ3n) is 9.88. The quantitative estimate of drug-likeness (QED) is 0.394. The molecule has 0 aromatic rings. The topological polar surface area (TPSA) is 55.4 Å². The Hall–Kier alpha value is -0.240. The molecule has 0 saturated carbocycles.